The van der Waals surface area contributed by atoms with E-state index in [2.05, 4.69) is 10.6 Å². The molecule has 5 nitrogen and oxygen atoms in total. The number of amides is 2. The minimum atomic E-state index is -1.16. The lowest BCUT2D eigenvalue weighted by molar-refractivity contribution is -0.139. The van der Waals surface area contributed by atoms with Crippen LogP contribution in [0, 0.1) is 0 Å². The monoisotopic (exact) mass is 328 g/mol. The number of urea groups is 1. The number of benzene rings is 1. The van der Waals surface area contributed by atoms with Crippen molar-refractivity contribution >= 4 is 35.4 Å². The zero-order chi connectivity index (χ0) is 15.5. The maximum absolute atomic E-state index is 11.9. The first-order chi connectivity index (χ1) is 9.97. The average molecular weight is 329 g/mol. The summed E-state index contributed by atoms with van der Waals surface area (Å²) in [4.78, 5) is 23.2. The Morgan fingerprint density at radius 3 is 2.62 bits per heavy atom. The van der Waals surface area contributed by atoms with Crippen LogP contribution >= 0.6 is 23.4 Å². The number of rotatable bonds is 6. The van der Waals surface area contributed by atoms with Crippen LogP contribution in [0.5, 0.6) is 0 Å². The number of hydrogen-bond acceptors (Lipinski definition) is 3. The molecule has 0 aromatic heterocycles. The maximum Gasteiger partial charge on any atom is 0.331 e. The predicted octanol–water partition coefficient (Wildman–Crippen LogP) is 2.66. The molecule has 0 spiro atoms. The molecule has 0 saturated heterocycles. The summed E-state index contributed by atoms with van der Waals surface area (Å²) in [7, 11) is 0. The number of carbonyl (C=O) groups is 2. The second-order valence-corrected chi connectivity index (χ2v) is 6.69. The third kappa shape index (κ3) is 4.04. The van der Waals surface area contributed by atoms with Gasteiger partial charge in [0.25, 0.3) is 0 Å². The zero-order valence-electron chi connectivity index (χ0n) is 11.6. The summed E-state index contributed by atoms with van der Waals surface area (Å²) in [5.41, 5.74) is 0.368. The van der Waals surface area contributed by atoms with Crippen LogP contribution in [0.4, 0.5) is 4.79 Å². The standard InChI is InChI=1S/C14H17ClN2O3S/c1-21-14(6-7-14)8-16-13(20)17-11(12(18)19)9-4-2-3-5-10(9)15/h2-5,11H,6-8H2,1H3,(H,18,19)(H2,16,17,20)/t11-/m1/s1. The van der Waals surface area contributed by atoms with Crippen molar-refractivity contribution in [3.63, 3.8) is 0 Å². The Kier molecular flexibility index (Phi) is 5.00. The Bertz CT molecular complexity index is 549. The van der Waals surface area contributed by atoms with Crippen molar-refractivity contribution in [2.24, 2.45) is 0 Å². The van der Waals surface area contributed by atoms with E-state index in [4.69, 9.17) is 11.6 Å². The highest BCUT2D eigenvalue weighted by atomic mass is 35.5. The van der Waals surface area contributed by atoms with Gasteiger partial charge in [0.15, 0.2) is 6.04 Å². The van der Waals surface area contributed by atoms with Gasteiger partial charge < -0.3 is 15.7 Å². The number of nitrogens with one attached hydrogen (secondary N) is 2. The SMILES string of the molecule is CSC1(CNC(=O)N[C@@H](C(=O)O)c2ccccc2Cl)CC1. The second kappa shape index (κ2) is 6.58. The molecule has 1 aliphatic rings. The fourth-order valence-corrected chi connectivity index (χ4v) is 2.97. The topological polar surface area (TPSA) is 78.4 Å². The Balaban J connectivity index is 1.98. The first kappa shape index (κ1) is 16.0. The van der Waals surface area contributed by atoms with E-state index in [1.165, 1.54) is 0 Å². The molecule has 1 atom stereocenters. The van der Waals surface area contributed by atoms with Crippen LogP contribution in [0.3, 0.4) is 0 Å². The molecule has 2 rings (SSSR count). The van der Waals surface area contributed by atoms with Gasteiger partial charge in [-0.15, -0.1) is 0 Å². The van der Waals surface area contributed by atoms with Crippen LogP contribution in [0.1, 0.15) is 24.4 Å². The van der Waals surface area contributed by atoms with Gasteiger partial charge in [-0.3, -0.25) is 0 Å². The Labute approximate surface area is 132 Å². The van der Waals surface area contributed by atoms with E-state index in [-0.39, 0.29) is 4.75 Å². The predicted molar refractivity (Wildman–Crippen MR) is 83.8 cm³/mol. The van der Waals surface area contributed by atoms with E-state index in [1.807, 2.05) is 6.26 Å². The lowest BCUT2D eigenvalue weighted by Crippen LogP contribution is -2.43. The van der Waals surface area contributed by atoms with Crippen LogP contribution in [0.15, 0.2) is 24.3 Å². The lowest BCUT2D eigenvalue weighted by Gasteiger charge is -2.18. The molecule has 1 saturated carbocycles. The number of halogens is 1. The number of thioether (sulfide) groups is 1. The van der Waals surface area contributed by atoms with Crippen molar-refractivity contribution in [1.82, 2.24) is 10.6 Å². The number of carboxylic acids is 1. The fourth-order valence-electron chi connectivity index (χ4n) is 2.00. The van der Waals surface area contributed by atoms with Gasteiger partial charge in [0.2, 0.25) is 0 Å². The van der Waals surface area contributed by atoms with E-state index in [0.717, 1.165) is 12.8 Å². The largest absolute Gasteiger partial charge is 0.479 e. The number of hydrogen-bond donors (Lipinski definition) is 3. The molecule has 0 unspecified atom stereocenters. The van der Waals surface area contributed by atoms with Gasteiger partial charge in [0.05, 0.1) is 0 Å². The number of carbonyl (C=O) groups excluding carboxylic acids is 1. The average Bonchev–Trinajstić information content (AvgIpc) is 3.24. The maximum atomic E-state index is 11.9. The molecular formula is C14H17ClN2O3S. The fraction of sp³-hybridized carbons (Fsp3) is 0.429. The minimum Gasteiger partial charge on any atom is -0.479 e. The second-order valence-electron chi connectivity index (χ2n) is 5.01. The van der Waals surface area contributed by atoms with E-state index in [0.29, 0.717) is 17.1 Å². The van der Waals surface area contributed by atoms with Crippen molar-refractivity contribution in [3.05, 3.63) is 34.9 Å². The summed E-state index contributed by atoms with van der Waals surface area (Å²) in [6.07, 6.45) is 4.15. The van der Waals surface area contributed by atoms with Crippen LogP contribution < -0.4 is 10.6 Å². The molecule has 1 aromatic rings. The molecule has 0 bridgehead atoms. The summed E-state index contributed by atoms with van der Waals surface area (Å²) in [5, 5.41) is 14.8. The van der Waals surface area contributed by atoms with Crippen molar-refractivity contribution < 1.29 is 14.7 Å². The molecule has 21 heavy (non-hydrogen) atoms. The van der Waals surface area contributed by atoms with Gasteiger partial charge in [0, 0.05) is 21.9 Å². The van der Waals surface area contributed by atoms with Gasteiger partial charge in [-0.25, -0.2) is 9.59 Å². The van der Waals surface area contributed by atoms with E-state index in [1.54, 1.807) is 36.0 Å². The summed E-state index contributed by atoms with van der Waals surface area (Å²) >= 11 is 7.71. The zero-order valence-corrected chi connectivity index (χ0v) is 13.1. The molecule has 0 aliphatic heterocycles. The summed E-state index contributed by atoms with van der Waals surface area (Å²) < 4.78 is 0.125. The first-order valence-electron chi connectivity index (χ1n) is 6.54. The number of carboxylic acid groups (broad SMARTS) is 1. The van der Waals surface area contributed by atoms with Crippen LogP contribution in [-0.2, 0) is 4.79 Å². The molecule has 0 heterocycles. The third-order valence-electron chi connectivity index (χ3n) is 3.55. The van der Waals surface area contributed by atoms with Crippen LogP contribution in [-0.4, -0.2) is 34.7 Å². The van der Waals surface area contributed by atoms with Gasteiger partial charge in [-0.2, -0.15) is 11.8 Å². The molecule has 3 N–H and O–H groups in total. The molecular weight excluding hydrogens is 312 g/mol. The van der Waals surface area contributed by atoms with Crippen molar-refractivity contribution in [2.45, 2.75) is 23.6 Å². The van der Waals surface area contributed by atoms with Gasteiger partial charge in [-0.05, 0) is 25.2 Å². The third-order valence-corrected chi connectivity index (χ3v) is 5.31. The van der Waals surface area contributed by atoms with E-state index in [9.17, 15) is 14.7 Å². The first-order valence-corrected chi connectivity index (χ1v) is 8.14. The Hall–Kier alpha value is -1.40. The van der Waals surface area contributed by atoms with Crippen LogP contribution in [0.2, 0.25) is 5.02 Å². The van der Waals surface area contributed by atoms with Crippen molar-refractivity contribution in [3.8, 4) is 0 Å². The normalized spacial score (nSPS) is 16.9. The van der Waals surface area contributed by atoms with Gasteiger partial charge in [0.1, 0.15) is 0 Å². The molecule has 0 radical (unpaired) electrons. The lowest BCUT2D eigenvalue weighted by atomic mass is 10.1. The highest BCUT2D eigenvalue weighted by Crippen LogP contribution is 2.46. The summed E-state index contributed by atoms with van der Waals surface area (Å²) in [6, 6.07) is 4.92. The number of aliphatic carboxylic acids is 1. The van der Waals surface area contributed by atoms with Crippen LogP contribution in [0.25, 0.3) is 0 Å². The van der Waals surface area contributed by atoms with E-state index < -0.39 is 18.0 Å². The highest BCUT2D eigenvalue weighted by Gasteiger charge is 2.42. The van der Waals surface area contributed by atoms with Crippen molar-refractivity contribution in [1.29, 1.82) is 0 Å². The Morgan fingerprint density at radius 1 is 1.43 bits per heavy atom. The molecule has 1 aliphatic carbocycles. The molecule has 1 fully saturated rings. The highest BCUT2D eigenvalue weighted by molar-refractivity contribution is 8.00. The summed E-state index contributed by atoms with van der Waals surface area (Å²) in [5.74, 6) is -1.15. The molecule has 1 aromatic carbocycles. The van der Waals surface area contributed by atoms with E-state index >= 15 is 0 Å². The quantitative estimate of drug-likeness (QED) is 0.750. The Morgan fingerprint density at radius 2 is 2.10 bits per heavy atom. The summed E-state index contributed by atoms with van der Waals surface area (Å²) in [6.45, 7) is 0.537. The minimum absolute atomic E-state index is 0.125. The van der Waals surface area contributed by atoms with Crippen molar-refractivity contribution in [2.75, 3.05) is 12.8 Å². The molecule has 2 amide bonds. The molecule has 114 valence electrons. The smallest absolute Gasteiger partial charge is 0.331 e. The van der Waals surface area contributed by atoms with Gasteiger partial charge >= 0.3 is 12.0 Å². The molecule has 7 heteroatoms. The van der Waals surface area contributed by atoms with Gasteiger partial charge in [-0.1, -0.05) is 29.8 Å².